The molecule has 0 radical (unpaired) electrons. The fourth-order valence-electron chi connectivity index (χ4n) is 5.07. The summed E-state index contributed by atoms with van der Waals surface area (Å²) in [6.07, 6.45) is 1.77. The van der Waals surface area contributed by atoms with E-state index in [0.29, 0.717) is 35.1 Å². The first kappa shape index (κ1) is 27.0. The van der Waals surface area contributed by atoms with Gasteiger partial charge in [-0.15, -0.1) is 0 Å². The third-order valence-electron chi connectivity index (χ3n) is 7.11. The molecule has 2 aromatic heterocycles. The van der Waals surface area contributed by atoms with E-state index >= 15 is 0 Å². The molecule has 1 saturated heterocycles. The van der Waals surface area contributed by atoms with Gasteiger partial charge >= 0.3 is 0 Å². The standard InChI is InChI=1S/C27H32ClF2N5O2/c1-7-24(37)35-13-16(27(29,30)14-35)10-22(36)25-15(2)31-23(34(25)6)9-8-20-17-11-18(26(3,4)5)19(28)12-21(17)33-32-20/h7,11-12,16H,1,8-10,13-14H2,2-6H3,(H,32,33). The number of carbonyl (C=O) groups excluding carboxylic acids is 2. The smallest absolute Gasteiger partial charge is 0.270 e. The molecule has 198 valence electrons. The largest absolute Gasteiger partial charge is 0.333 e. The number of benzene rings is 1. The molecule has 1 amide bonds. The Morgan fingerprint density at radius 2 is 2.00 bits per heavy atom. The van der Waals surface area contributed by atoms with Crippen LogP contribution in [-0.4, -0.2) is 55.4 Å². The molecule has 1 aliphatic rings. The van der Waals surface area contributed by atoms with E-state index in [1.54, 1.807) is 18.5 Å². The average Bonchev–Trinajstić information content (AvgIpc) is 3.42. The third kappa shape index (κ3) is 5.19. The van der Waals surface area contributed by atoms with Crippen LogP contribution in [0.2, 0.25) is 5.02 Å². The van der Waals surface area contributed by atoms with Gasteiger partial charge in [-0.25, -0.2) is 13.8 Å². The van der Waals surface area contributed by atoms with E-state index in [1.165, 1.54) is 0 Å². The Labute approximate surface area is 219 Å². The number of alkyl halides is 2. The second-order valence-electron chi connectivity index (χ2n) is 10.8. The van der Waals surface area contributed by atoms with Crippen LogP contribution in [0.1, 0.15) is 60.5 Å². The number of aromatic amines is 1. The normalized spacial score (nSPS) is 17.5. The number of fused-ring (bicyclic) bond motifs is 1. The van der Waals surface area contributed by atoms with Gasteiger partial charge in [0.1, 0.15) is 11.5 Å². The molecule has 3 heterocycles. The van der Waals surface area contributed by atoms with Gasteiger partial charge in [0.25, 0.3) is 5.92 Å². The molecular formula is C27H32ClF2N5O2. The van der Waals surface area contributed by atoms with Crippen molar-refractivity contribution in [2.45, 2.75) is 58.3 Å². The van der Waals surface area contributed by atoms with Gasteiger partial charge in [-0.3, -0.25) is 14.7 Å². The van der Waals surface area contributed by atoms with Crippen LogP contribution in [0.15, 0.2) is 24.8 Å². The summed E-state index contributed by atoms with van der Waals surface area (Å²) in [4.78, 5) is 30.5. The highest BCUT2D eigenvalue weighted by Gasteiger charge is 2.50. The molecule has 1 unspecified atom stereocenters. The first-order valence-corrected chi connectivity index (χ1v) is 12.6. The number of likely N-dealkylation sites (tertiary alicyclic amines) is 1. The van der Waals surface area contributed by atoms with Crippen LogP contribution in [-0.2, 0) is 30.1 Å². The van der Waals surface area contributed by atoms with E-state index in [9.17, 15) is 18.4 Å². The molecule has 1 aliphatic heterocycles. The van der Waals surface area contributed by atoms with Crippen molar-refractivity contribution in [3.05, 3.63) is 58.3 Å². The van der Waals surface area contributed by atoms with Crippen molar-refractivity contribution in [1.29, 1.82) is 0 Å². The van der Waals surface area contributed by atoms with Crippen LogP contribution >= 0.6 is 11.6 Å². The number of rotatable bonds is 7. The first-order valence-electron chi connectivity index (χ1n) is 12.2. The number of nitrogens with one attached hydrogen (secondary N) is 1. The maximum Gasteiger partial charge on any atom is 0.270 e. The van der Waals surface area contributed by atoms with Gasteiger partial charge in [-0.1, -0.05) is 39.0 Å². The lowest BCUT2D eigenvalue weighted by Gasteiger charge is -2.20. The van der Waals surface area contributed by atoms with Gasteiger partial charge in [0.05, 0.1) is 17.8 Å². The zero-order valence-corrected chi connectivity index (χ0v) is 22.5. The maximum absolute atomic E-state index is 14.6. The number of halogens is 3. The number of hydrogen-bond acceptors (Lipinski definition) is 4. The number of amides is 1. The molecule has 10 heteroatoms. The lowest BCUT2D eigenvalue weighted by Crippen LogP contribution is -2.30. The summed E-state index contributed by atoms with van der Waals surface area (Å²) in [6, 6.07) is 3.93. The van der Waals surface area contributed by atoms with Crippen molar-refractivity contribution in [3.63, 3.8) is 0 Å². The monoisotopic (exact) mass is 531 g/mol. The number of H-pyrrole nitrogens is 1. The first-order chi connectivity index (χ1) is 17.2. The minimum atomic E-state index is -3.14. The molecule has 7 nitrogen and oxygen atoms in total. The zero-order valence-electron chi connectivity index (χ0n) is 21.8. The van der Waals surface area contributed by atoms with Gasteiger partial charge in [0.15, 0.2) is 5.78 Å². The Morgan fingerprint density at radius 1 is 1.30 bits per heavy atom. The molecule has 0 saturated carbocycles. The second-order valence-corrected chi connectivity index (χ2v) is 11.2. The van der Waals surface area contributed by atoms with E-state index in [4.69, 9.17) is 11.6 Å². The fourth-order valence-corrected chi connectivity index (χ4v) is 5.51. The Balaban J connectivity index is 1.52. The Bertz CT molecular complexity index is 1390. The summed E-state index contributed by atoms with van der Waals surface area (Å²) in [5, 5.41) is 9.14. The van der Waals surface area contributed by atoms with E-state index < -0.39 is 30.1 Å². The van der Waals surface area contributed by atoms with E-state index in [2.05, 4.69) is 48.6 Å². The quantitative estimate of drug-likeness (QED) is 0.336. The fraction of sp³-hybridized carbons (Fsp3) is 0.481. The minimum Gasteiger partial charge on any atom is -0.333 e. The van der Waals surface area contributed by atoms with Gasteiger partial charge in [0, 0.05) is 48.5 Å². The molecule has 1 fully saturated rings. The summed E-state index contributed by atoms with van der Waals surface area (Å²) in [6.45, 7) is 10.5. The van der Waals surface area contributed by atoms with Gasteiger partial charge in [-0.05, 0) is 42.5 Å². The van der Waals surface area contributed by atoms with E-state index in [-0.39, 0.29) is 18.4 Å². The third-order valence-corrected chi connectivity index (χ3v) is 7.43. The summed E-state index contributed by atoms with van der Waals surface area (Å²) < 4.78 is 30.8. The lowest BCUT2D eigenvalue weighted by molar-refractivity contribution is -0.126. The number of imidazole rings is 1. The summed E-state index contributed by atoms with van der Waals surface area (Å²) in [5.41, 5.74) is 3.43. The molecule has 37 heavy (non-hydrogen) atoms. The molecule has 0 spiro atoms. The highest BCUT2D eigenvalue weighted by molar-refractivity contribution is 6.32. The van der Waals surface area contributed by atoms with Crippen LogP contribution in [0.3, 0.4) is 0 Å². The van der Waals surface area contributed by atoms with Crippen LogP contribution in [0.5, 0.6) is 0 Å². The van der Waals surface area contributed by atoms with Gasteiger partial charge in [-0.2, -0.15) is 5.10 Å². The minimum absolute atomic E-state index is 0.127. The highest BCUT2D eigenvalue weighted by Crippen LogP contribution is 2.37. The number of ketones is 1. The SMILES string of the molecule is C=CC(=O)N1CC(CC(=O)c2c(C)nc(CCc3[nH]nc4cc(Cl)c(C(C)(C)C)cc34)n2C)C(F)(F)C1. The molecule has 0 aliphatic carbocycles. The molecular weight excluding hydrogens is 500 g/mol. The number of hydrogen-bond donors (Lipinski definition) is 1. The average molecular weight is 532 g/mol. The van der Waals surface area contributed by atoms with Gasteiger partial charge in [0.2, 0.25) is 5.91 Å². The molecule has 3 aromatic rings. The maximum atomic E-state index is 14.6. The Hall–Kier alpha value is -3.07. The number of nitrogens with zero attached hydrogens (tertiary/aromatic N) is 4. The number of aromatic nitrogens is 4. The van der Waals surface area contributed by atoms with Crippen LogP contribution in [0.4, 0.5) is 8.78 Å². The zero-order chi connectivity index (χ0) is 27.3. The lowest BCUT2D eigenvalue weighted by atomic mass is 9.86. The Kier molecular flexibility index (Phi) is 7.05. The Morgan fingerprint density at radius 3 is 2.65 bits per heavy atom. The van der Waals surface area contributed by atoms with Crippen molar-refractivity contribution >= 4 is 34.2 Å². The van der Waals surface area contributed by atoms with Crippen molar-refractivity contribution in [3.8, 4) is 0 Å². The van der Waals surface area contributed by atoms with Crippen molar-refractivity contribution in [1.82, 2.24) is 24.6 Å². The molecule has 1 N–H and O–H groups in total. The number of Topliss-reactive ketones (excluding diaryl/α,β-unsaturated/α-hetero) is 1. The van der Waals surface area contributed by atoms with Crippen molar-refractivity contribution < 1.29 is 18.4 Å². The van der Waals surface area contributed by atoms with Crippen molar-refractivity contribution in [2.75, 3.05) is 13.1 Å². The topological polar surface area (TPSA) is 83.9 Å². The molecule has 4 rings (SSSR count). The van der Waals surface area contributed by atoms with E-state index in [0.717, 1.165) is 33.1 Å². The summed E-state index contributed by atoms with van der Waals surface area (Å²) in [5.74, 6) is -4.68. The van der Waals surface area contributed by atoms with Crippen LogP contribution < -0.4 is 0 Å². The van der Waals surface area contributed by atoms with Gasteiger partial charge < -0.3 is 9.47 Å². The second kappa shape index (κ2) is 9.67. The molecule has 1 atom stereocenters. The molecule has 0 bridgehead atoms. The predicted molar refractivity (Wildman–Crippen MR) is 139 cm³/mol. The number of aryl methyl sites for hydroxylation is 3. The van der Waals surface area contributed by atoms with Crippen molar-refractivity contribution in [2.24, 2.45) is 13.0 Å². The molecule has 1 aromatic carbocycles. The van der Waals surface area contributed by atoms with Crippen LogP contribution in [0, 0.1) is 12.8 Å². The summed E-state index contributed by atoms with van der Waals surface area (Å²) >= 11 is 6.48. The summed E-state index contributed by atoms with van der Waals surface area (Å²) in [7, 11) is 1.73. The number of carbonyl (C=O) groups is 2. The van der Waals surface area contributed by atoms with Crippen LogP contribution in [0.25, 0.3) is 10.9 Å². The highest BCUT2D eigenvalue weighted by atomic mass is 35.5. The van der Waals surface area contributed by atoms with E-state index in [1.807, 2.05) is 6.07 Å². The predicted octanol–water partition coefficient (Wildman–Crippen LogP) is 5.19.